The van der Waals surface area contributed by atoms with Gasteiger partial charge in [-0.25, -0.2) is 0 Å². The zero-order valence-electron chi connectivity index (χ0n) is 59.7. The number of amides is 1. The molecule has 0 aromatic rings. The average Bonchev–Trinajstić information content (AvgIpc) is 3.58. The lowest BCUT2D eigenvalue weighted by Gasteiger charge is -2.20. The molecule has 6 heteroatoms. The molecule has 0 radical (unpaired) electrons. The maximum Gasteiger partial charge on any atom is 0.305 e. The van der Waals surface area contributed by atoms with Crippen LogP contribution in [0.2, 0.25) is 0 Å². The Hall–Kier alpha value is -1.92. The molecule has 6 nitrogen and oxygen atoms in total. The number of unbranched alkanes of at least 4 members (excludes halogenated alkanes) is 61. The molecule has 0 aliphatic heterocycles. The third-order valence-corrected chi connectivity index (χ3v) is 18.9. The van der Waals surface area contributed by atoms with Gasteiger partial charge >= 0.3 is 5.97 Å². The lowest BCUT2D eigenvalue weighted by atomic mass is 10.0. The summed E-state index contributed by atoms with van der Waals surface area (Å²) in [6.45, 7) is 4.94. The summed E-state index contributed by atoms with van der Waals surface area (Å²) in [7, 11) is 0. The van der Waals surface area contributed by atoms with Crippen LogP contribution in [0.3, 0.4) is 0 Å². The van der Waals surface area contributed by atoms with E-state index in [9.17, 15) is 19.8 Å². The highest BCUT2D eigenvalue weighted by molar-refractivity contribution is 5.76. The first-order valence-corrected chi connectivity index (χ1v) is 40.3. The lowest BCUT2D eigenvalue weighted by molar-refractivity contribution is -0.143. The van der Waals surface area contributed by atoms with E-state index in [0.717, 1.165) is 44.9 Å². The van der Waals surface area contributed by atoms with Gasteiger partial charge in [-0.05, 0) is 83.5 Å². The summed E-state index contributed by atoms with van der Waals surface area (Å²) in [4.78, 5) is 24.6. The van der Waals surface area contributed by atoms with Crippen LogP contribution in [-0.2, 0) is 14.3 Å². The highest BCUT2D eigenvalue weighted by atomic mass is 16.5. The van der Waals surface area contributed by atoms with Crippen LogP contribution in [0.25, 0.3) is 0 Å². The van der Waals surface area contributed by atoms with E-state index >= 15 is 0 Å². The Kier molecular flexibility index (Phi) is 75.8. The fourth-order valence-corrected chi connectivity index (χ4v) is 12.7. The number of rotatable bonds is 76. The van der Waals surface area contributed by atoms with Gasteiger partial charge in [0.2, 0.25) is 5.91 Å². The van der Waals surface area contributed by atoms with E-state index in [1.807, 2.05) is 6.08 Å². The second-order valence-electron chi connectivity index (χ2n) is 27.7. The standard InChI is InChI=1S/C82H157NO5/c1-3-5-7-9-11-13-15-17-19-21-43-46-50-54-58-62-66-70-74-80(85)79(78-84)83-81(86)75-71-67-63-59-55-51-47-44-41-39-37-35-33-31-29-27-25-23-22-24-26-28-30-32-34-36-38-40-42-45-49-53-57-61-65-69-73-77-88-82(87)76-72-68-64-60-56-52-48-20-18-16-14-12-10-8-6-4-2/h20,22,24,48,70,74,79-80,84-85H,3-19,21,23,25-47,49-69,71-73,75-78H2,1-2H3,(H,83,86)/b24-22-,48-20-,74-70+. The van der Waals surface area contributed by atoms with Crippen LogP contribution in [0.5, 0.6) is 0 Å². The number of carbonyl (C=O) groups is 2. The normalized spacial score (nSPS) is 12.6. The van der Waals surface area contributed by atoms with Crippen molar-refractivity contribution in [2.75, 3.05) is 13.2 Å². The van der Waals surface area contributed by atoms with Crippen LogP contribution in [0, 0.1) is 0 Å². The van der Waals surface area contributed by atoms with E-state index < -0.39 is 12.1 Å². The first-order chi connectivity index (χ1) is 43.5. The van der Waals surface area contributed by atoms with Gasteiger partial charge in [0.15, 0.2) is 0 Å². The van der Waals surface area contributed by atoms with Gasteiger partial charge in [-0.1, -0.05) is 391 Å². The maximum atomic E-state index is 12.5. The Morgan fingerprint density at radius 1 is 0.307 bits per heavy atom. The molecule has 0 saturated carbocycles. The maximum absolute atomic E-state index is 12.5. The molecule has 2 atom stereocenters. The van der Waals surface area contributed by atoms with Crippen molar-refractivity contribution < 1.29 is 24.5 Å². The van der Waals surface area contributed by atoms with Gasteiger partial charge < -0.3 is 20.3 Å². The largest absolute Gasteiger partial charge is 0.466 e. The molecule has 3 N–H and O–H groups in total. The van der Waals surface area contributed by atoms with E-state index in [0.29, 0.717) is 19.4 Å². The fraction of sp³-hybridized carbons (Fsp3) is 0.902. The van der Waals surface area contributed by atoms with Gasteiger partial charge in [0.1, 0.15) is 0 Å². The number of allylic oxidation sites excluding steroid dienone is 5. The summed E-state index contributed by atoms with van der Waals surface area (Å²) in [5.74, 6) is -0.0456. The third kappa shape index (κ3) is 73.1. The van der Waals surface area contributed by atoms with Gasteiger partial charge in [0, 0.05) is 12.8 Å². The molecule has 88 heavy (non-hydrogen) atoms. The number of nitrogens with one attached hydrogen (secondary N) is 1. The average molecular weight is 1240 g/mol. The van der Waals surface area contributed by atoms with Crippen molar-refractivity contribution in [1.82, 2.24) is 5.32 Å². The Morgan fingerprint density at radius 3 is 0.807 bits per heavy atom. The van der Waals surface area contributed by atoms with Crippen LogP contribution >= 0.6 is 0 Å². The Labute approximate surface area is 551 Å². The van der Waals surface area contributed by atoms with Crippen LogP contribution in [-0.4, -0.2) is 47.4 Å². The molecule has 2 unspecified atom stereocenters. The minimum atomic E-state index is -0.842. The number of hydrogen-bond donors (Lipinski definition) is 3. The van der Waals surface area contributed by atoms with Crippen molar-refractivity contribution in [2.45, 2.75) is 463 Å². The lowest BCUT2D eigenvalue weighted by Crippen LogP contribution is -2.45. The summed E-state index contributed by atoms with van der Waals surface area (Å²) in [5, 5.41) is 23.2. The molecule has 0 aliphatic rings. The van der Waals surface area contributed by atoms with E-state index in [2.05, 4.69) is 43.5 Å². The molecule has 1 amide bonds. The van der Waals surface area contributed by atoms with Gasteiger partial charge in [-0.2, -0.15) is 0 Å². The minimum Gasteiger partial charge on any atom is -0.466 e. The predicted octanol–water partition coefficient (Wildman–Crippen LogP) is 26.6. The summed E-state index contributed by atoms with van der Waals surface area (Å²) in [6.07, 6.45) is 101. The first-order valence-electron chi connectivity index (χ1n) is 40.3. The summed E-state index contributed by atoms with van der Waals surface area (Å²) < 4.78 is 5.50. The van der Waals surface area contributed by atoms with Crippen LogP contribution in [0.15, 0.2) is 36.5 Å². The monoisotopic (exact) mass is 1240 g/mol. The summed E-state index contributed by atoms with van der Waals surface area (Å²) in [5.41, 5.74) is 0. The second kappa shape index (κ2) is 77.5. The molecule has 0 aliphatic carbocycles. The van der Waals surface area contributed by atoms with Crippen molar-refractivity contribution >= 4 is 11.9 Å². The molecular formula is C82H157NO5. The number of aliphatic hydroxyl groups excluding tert-OH is 2. The molecule has 0 saturated heterocycles. The third-order valence-electron chi connectivity index (χ3n) is 18.9. The Morgan fingerprint density at radius 2 is 0.534 bits per heavy atom. The van der Waals surface area contributed by atoms with Gasteiger partial charge in [0.05, 0.1) is 25.4 Å². The summed E-state index contributed by atoms with van der Waals surface area (Å²) in [6, 6.07) is -0.625. The molecule has 0 fully saturated rings. The van der Waals surface area contributed by atoms with Crippen molar-refractivity contribution in [3.63, 3.8) is 0 Å². The van der Waals surface area contributed by atoms with Gasteiger partial charge in [-0.15, -0.1) is 0 Å². The zero-order chi connectivity index (χ0) is 63.5. The highest BCUT2D eigenvalue weighted by Crippen LogP contribution is 2.20. The van der Waals surface area contributed by atoms with Crippen molar-refractivity contribution in [3.8, 4) is 0 Å². The number of carbonyl (C=O) groups excluding carboxylic acids is 2. The van der Waals surface area contributed by atoms with E-state index in [-0.39, 0.29) is 18.5 Å². The number of hydrogen-bond acceptors (Lipinski definition) is 5. The van der Waals surface area contributed by atoms with E-state index in [1.165, 1.54) is 379 Å². The van der Waals surface area contributed by atoms with Crippen molar-refractivity contribution in [2.24, 2.45) is 0 Å². The highest BCUT2D eigenvalue weighted by Gasteiger charge is 2.18. The fourth-order valence-electron chi connectivity index (χ4n) is 12.7. The zero-order valence-corrected chi connectivity index (χ0v) is 59.7. The van der Waals surface area contributed by atoms with Gasteiger partial charge in [0.25, 0.3) is 0 Å². The molecule has 0 spiro atoms. The first kappa shape index (κ1) is 86.1. The Balaban J connectivity index is 3.34. The predicted molar refractivity (Wildman–Crippen MR) is 389 cm³/mol. The van der Waals surface area contributed by atoms with Crippen molar-refractivity contribution in [3.05, 3.63) is 36.5 Å². The number of aliphatic hydroxyl groups is 2. The molecule has 0 rings (SSSR count). The molecule has 0 heterocycles. The Bertz CT molecular complexity index is 1430. The molecule has 0 aromatic heterocycles. The summed E-state index contributed by atoms with van der Waals surface area (Å²) >= 11 is 0. The smallest absolute Gasteiger partial charge is 0.305 e. The van der Waals surface area contributed by atoms with Crippen LogP contribution < -0.4 is 5.32 Å². The minimum absolute atomic E-state index is 0.0146. The second-order valence-corrected chi connectivity index (χ2v) is 27.7. The van der Waals surface area contributed by atoms with Crippen molar-refractivity contribution in [1.29, 1.82) is 0 Å². The van der Waals surface area contributed by atoms with Crippen LogP contribution in [0.1, 0.15) is 450 Å². The van der Waals surface area contributed by atoms with Crippen LogP contribution in [0.4, 0.5) is 0 Å². The molecule has 0 aromatic carbocycles. The van der Waals surface area contributed by atoms with E-state index in [4.69, 9.17) is 4.74 Å². The number of ether oxygens (including phenoxy) is 1. The molecular weight excluding hydrogens is 1080 g/mol. The number of esters is 1. The molecule has 520 valence electrons. The quantitative estimate of drug-likeness (QED) is 0.0320. The van der Waals surface area contributed by atoms with Gasteiger partial charge in [-0.3, -0.25) is 9.59 Å². The SMILES string of the molecule is CCCCCCCCC/C=C\CCCCCCCC(=O)OCCCCCCCCCCCCCCCCCC/C=C\CCCCCCCCCCCCCCCCCCCC(=O)NC(CO)C(O)/C=C/CCCCCCCCCCCCCCCCCC. The topological polar surface area (TPSA) is 95.9 Å². The molecule has 0 bridgehead atoms. The van der Waals surface area contributed by atoms with E-state index in [1.54, 1.807) is 6.08 Å².